The van der Waals surface area contributed by atoms with Crippen LogP contribution in [-0.2, 0) is 19.1 Å². The zero-order valence-electron chi connectivity index (χ0n) is 24.0. The Hall–Kier alpha value is -2.19. The van der Waals surface area contributed by atoms with Gasteiger partial charge in [0.2, 0.25) is 17.7 Å². The summed E-state index contributed by atoms with van der Waals surface area (Å²) in [5.41, 5.74) is -1.87. The molecule has 8 heteroatoms. The molecular weight excluding hydrogens is 482 g/mol. The highest BCUT2D eigenvalue weighted by atomic mass is 16.5. The second kappa shape index (κ2) is 12.8. The molecule has 2 bridgehead atoms. The van der Waals surface area contributed by atoms with Crippen LogP contribution in [0.5, 0.6) is 0 Å². The lowest BCUT2D eigenvalue weighted by Crippen LogP contribution is -2.57. The lowest BCUT2D eigenvalue weighted by Gasteiger charge is -2.39. The number of unbranched alkanes of at least 4 members (excludes halogenated alkanes) is 3. The number of nitrogens with zero attached hydrogens (tertiary/aromatic N) is 3. The number of aliphatic hydroxyl groups is 1. The number of rotatable bonds is 16. The number of hydrogen-bond donors (Lipinski definition) is 1. The minimum atomic E-state index is -1.04. The van der Waals surface area contributed by atoms with Crippen LogP contribution in [0.3, 0.4) is 0 Å². The molecule has 8 nitrogen and oxygen atoms in total. The van der Waals surface area contributed by atoms with E-state index >= 15 is 0 Å². The highest BCUT2D eigenvalue weighted by Gasteiger charge is 2.80. The minimum Gasteiger partial charge on any atom is -0.396 e. The number of carbonyl (C=O) groups is 3. The zero-order valence-corrected chi connectivity index (χ0v) is 24.0. The maximum atomic E-state index is 14.3. The van der Waals surface area contributed by atoms with E-state index < -0.39 is 29.1 Å². The lowest BCUT2D eigenvalue weighted by molar-refractivity contribution is -0.154. The van der Waals surface area contributed by atoms with E-state index in [0.29, 0.717) is 52.0 Å². The molecule has 3 amide bonds. The first-order valence-electron chi connectivity index (χ1n) is 14.6. The van der Waals surface area contributed by atoms with Gasteiger partial charge in [-0.15, -0.1) is 13.2 Å². The number of aliphatic hydroxyl groups excluding tert-OH is 1. The summed E-state index contributed by atoms with van der Waals surface area (Å²) in [5.74, 6) is -1.73. The maximum absolute atomic E-state index is 14.3. The Bertz CT molecular complexity index is 893. The van der Waals surface area contributed by atoms with Crippen molar-refractivity contribution in [1.82, 2.24) is 14.7 Å². The number of amides is 3. The largest absolute Gasteiger partial charge is 0.396 e. The highest BCUT2D eigenvalue weighted by Crippen LogP contribution is 2.65. The molecule has 0 aromatic heterocycles. The van der Waals surface area contributed by atoms with E-state index in [1.54, 1.807) is 26.9 Å². The monoisotopic (exact) mass is 531 g/mol. The second-order valence-corrected chi connectivity index (χ2v) is 11.5. The summed E-state index contributed by atoms with van der Waals surface area (Å²) < 4.78 is 6.86. The van der Waals surface area contributed by atoms with Crippen molar-refractivity contribution in [3.63, 3.8) is 0 Å². The summed E-state index contributed by atoms with van der Waals surface area (Å²) in [7, 11) is 0. The van der Waals surface area contributed by atoms with Crippen LogP contribution < -0.4 is 0 Å². The van der Waals surface area contributed by atoms with Crippen molar-refractivity contribution in [2.45, 2.75) is 89.9 Å². The van der Waals surface area contributed by atoms with E-state index in [-0.39, 0.29) is 30.2 Å². The average Bonchev–Trinajstić information content (AvgIpc) is 3.39. The van der Waals surface area contributed by atoms with Crippen LogP contribution in [0.25, 0.3) is 0 Å². The van der Waals surface area contributed by atoms with Crippen molar-refractivity contribution < 1.29 is 24.2 Å². The molecule has 1 N–H and O–H groups in total. The lowest BCUT2D eigenvalue weighted by atomic mass is 9.62. The SMILES string of the molecule is C=CCN(CCCCC)C(=O)C1N(CCCCO)C(=O)[C@@H]2[C@H](C(=O)N(CC=C)CCC)[C@@]3(C)OC12CC3C. The molecule has 3 aliphatic rings. The third kappa shape index (κ3) is 5.18. The number of fused-ring (bicyclic) bond motifs is 1. The standard InChI is InChI=1S/C30H49N3O5/c1-7-11-12-18-32(17-10-4)28(37)25-30-21-22(5)29(6,38-30)23(26(35)31(15-8-2)16-9-3)24(30)27(36)33(25)19-13-14-20-34/h8,10,22-25,34H,2,4,7,9,11-21H2,1,3,5-6H3/t22?,23-,24+,25?,29+,30?/m1/s1. The Morgan fingerprint density at radius 3 is 2.29 bits per heavy atom. The zero-order chi connectivity index (χ0) is 28.1. The molecule has 0 aromatic carbocycles. The van der Waals surface area contributed by atoms with Gasteiger partial charge in [-0.3, -0.25) is 14.4 Å². The van der Waals surface area contributed by atoms with E-state index in [1.807, 2.05) is 13.8 Å². The topological polar surface area (TPSA) is 90.4 Å². The fourth-order valence-electron chi connectivity index (χ4n) is 7.12. The van der Waals surface area contributed by atoms with Crippen molar-refractivity contribution in [2.75, 3.05) is 39.3 Å². The van der Waals surface area contributed by atoms with Gasteiger partial charge in [-0.25, -0.2) is 0 Å². The highest BCUT2D eigenvalue weighted by molar-refractivity contribution is 5.99. The molecule has 3 unspecified atom stereocenters. The normalized spacial score (nSPS) is 31.4. The summed E-state index contributed by atoms with van der Waals surface area (Å²) in [6.45, 7) is 18.2. The quantitative estimate of drug-likeness (QED) is 0.244. The summed E-state index contributed by atoms with van der Waals surface area (Å²) in [4.78, 5) is 47.9. The van der Waals surface area contributed by atoms with Gasteiger partial charge in [0.15, 0.2) is 0 Å². The molecule has 38 heavy (non-hydrogen) atoms. The van der Waals surface area contributed by atoms with Crippen LogP contribution in [0.15, 0.2) is 25.3 Å². The van der Waals surface area contributed by atoms with E-state index in [1.165, 1.54) is 0 Å². The van der Waals surface area contributed by atoms with Crippen molar-refractivity contribution in [2.24, 2.45) is 17.8 Å². The second-order valence-electron chi connectivity index (χ2n) is 11.5. The van der Waals surface area contributed by atoms with Crippen LogP contribution in [-0.4, -0.2) is 94.1 Å². The molecule has 3 fully saturated rings. The predicted molar refractivity (Wildman–Crippen MR) is 148 cm³/mol. The molecule has 3 heterocycles. The molecular formula is C30H49N3O5. The van der Waals surface area contributed by atoms with Crippen molar-refractivity contribution >= 4 is 17.7 Å². The summed E-state index contributed by atoms with van der Waals surface area (Å²) in [5, 5.41) is 9.40. The van der Waals surface area contributed by atoms with Gasteiger partial charge in [-0.2, -0.15) is 0 Å². The van der Waals surface area contributed by atoms with E-state index in [4.69, 9.17) is 4.74 Å². The van der Waals surface area contributed by atoms with Crippen molar-refractivity contribution in [1.29, 1.82) is 0 Å². The Labute approximate surface area is 229 Å². The molecule has 0 radical (unpaired) electrons. The van der Waals surface area contributed by atoms with Gasteiger partial charge in [0.25, 0.3) is 0 Å². The number of likely N-dealkylation sites (tertiary alicyclic amines) is 1. The van der Waals surface area contributed by atoms with E-state index in [2.05, 4.69) is 27.0 Å². The summed E-state index contributed by atoms with van der Waals surface area (Å²) in [6, 6.07) is -0.790. The van der Waals surface area contributed by atoms with Crippen LogP contribution in [0, 0.1) is 17.8 Å². The number of ether oxygens (including phenoxy) is 1. The van der Waals surface area contributed by atoms with Gasteiger partial charge in [0.1, 0.15) is 11.6 Å². The molecule has 1 spiro atoms. The number of hydrogen-bond acceptors (Lipinski definition) is 5. The third-order valence-electron chi connectivity index (χ3n) is 8.97. The van der Waals surface area contributed by atoms with Crippen LogP contribution in [0.2, 0.25) is 0 Å². The van der Waals surface area contributed by atoms with E-state index in [0.717, 1.165) is 25.7 Å². The van der Waals surface area contributed by atoms with Crippen molar-refractivity contribution in [3.05, 3.63) is 25.3 Å². The van der Waals surface area contributed by atoms with Crippen LogP contribution in [0.4, 0.5) is 0 Å². The fraction of sp³-hybridized carbons (Fsp3) is 0.767. The maximum Gasteiger partial charge on any atom is 0.248 e. The molecule has 6 atom stereocenters. The first kappa shape index (κ1) is 30.4. The Kier molecular flexibility index (Phi) is 10.2. The van der Waals surface area contributed by atoms with Crippen LogP contribution in [0.1, 0.15) is 72.6 Å². The Morgan fingerprint density at radius 1 is 1.05 bits per heavy atom. The van der Waals surface area contributed by atoms with Crippen LogP contribution >= 0.6 is 0 Å². The molecule has 3 rings (SSSR count). The smallest absolute Gasteiger partial charge is 0.248 e. The number of carbonyl (C=O) groups excluding carboxylic acids is 3. The first-order chi connectivity index (χ1) is 18.2. The average molecular weight is 532 g/mol. The van der Waals surface area contributed by atoms with Crippen molar-refractivity contribution in [3.8, 4) is 0 Å². The van der Waals surface area contributed by atoms with Gasteiger partial charge >= 0.3 is 0 Å². The summed E-state index contributed by atoms with van der Waals surface area (Å²) in [6.07, 6.45) is 8.85. The van der Waals surface area contributed by atoms with Gasteiger partial charge < -0.3 is 24.5 Å². The van der Waals surface area contributed by atoms with E-state index in [9.17, 15) is 19.5 Å². The Balaban J connectivity index is 2.07. The Morgan fingerprint density at radius 2 is 1.71 bits per heavy atom. The molecule has 0 aliphatic carbocycles. The fourth-order valence-corrected chi connectivity index (χ4v) is 7.12. The van der Waals surface area contributed by atoms with Gasteiger partial charge in [-0.05, 0) is 44.9 Å². The first-order valence-corrected chi connectivity index (χ1v) is 14.6. The molecule has 0 aromatic rings. The predicted octanol–water partition coefficient (Wildman–Crippen LogP) is 3.40. The molecule has 214 valence electrons. The minimum absolute atomic E-state index is 0.00773. The van der Waals surface area contributed by atoms with Gasteiger partial charge in [0, 0.05) is 39.3 Å². The van der Waals surface area contributed by atoms with Gasteiger partial charge in [-0.1, -0.05) is 45.8 Å². The molecule has 0 saturated carbocycles. The molecule has 3 saturated heterocycles. The van der Waals surface area contributed by atoms with Gasteiger partial charge in [0.05, 0.1) is 17.4 Å². The summed E-state index contributed by atoms with van der Waals surface area (Å²) >= 11 is 0. The molecule has 3 aliphatic heterocycles. The third-order valence-corrected chi connectivity index (χ3v) is 8.97.